The first kappa shape index (κ1) is 17.9. The second-order valence-corrected chi connectivity index (χ2v) is 6.70. The van der Waals surface area contributed by atoms with Crippen LogP contribution in [-0.2, 0) is 15.7 Å². The van der Waals surface area contributed by atoms with Crippen LogP contribution < -0.4 is 5.32 Å². The molecule has 0 saturated carbocycles. The first-order valence-corrected chi connectivity index (χ1v) is 8.84. The zero-order valence-electron chi connectivity index (χ0n) is 13.3. The second-order valence-electron chi connectivity index (χ2n) is 5.84. The predicted octanol–water partition coefficient (Wildman–Crippen LogP) is 4.73. The SMILES string of the molecule is O=C(CCC1CCCO1)Nc1nc(-c2cccc(C(F)(F)F)c2)cs1. The molecule has 0 aliphatic carbocycles. The van der Waals surface area contributed by atoms with Crippen LogP contribution in [0.4, 0.5) is 18.3 Å². The number of aromatic nitrogens is 1. The van der Waals surface area contributed by atoms with Crippen molar-refractivity contribution in [1.82, 2.24) is 4.98 Å². The Balaban J connectivity index is 1.61. The maximum atomic E-state index is 12.8. The van der Waals surface area contributed by atoms with E-state index in [2.05, 4.69) is 10.3 Å². The molecule has 1 aliphatic heterocycles. The van der Waals surface area contributed by atoms with E-state index < -0.39 is 11.7 Å². The summed E-state index contributed by atoms with van der Waals surface area (Å²) in [6, 6.07) is 4.98. The summed E-state index contributed by atoms with van der Waals surface area (Å²) in [6.07, 6.45) is -1.25. The third-order valence-corrected chi connectivity index (χ3v) is 4.71. The summed E-state index contributed by atoms with van der Waals surface area (Å²) in [4.78, 5) is 16.2. The molecule has 8 heteroatoms. The number of anilines is 1. The van der Waals surface area contributed by atoms with Crippen molar-refractivity contribution in [2.75, 3.05) is 11.9 Å². The lowest BCUT2D eigenvalue weighted by molar-refractivity contribution is -0.137. The third kappa shape index (κ3) is 4.79. The van der Waals surface area contributed by atoms with Gasteiger partial charge in [-0.1, -0.05) is 12.1 Å². The molecule has 134 valence electrons. The number of nitrogens with zero attached hydrogens (tertiary/aromatic N) is 1. The third-order valence-electron chi connectivity index (χ3n) is 3.95. The fourth-order valence-electron chi connectivity index (χ4n) is 2.66. The zero-order valence-corrected chi connectivity index (χ0v) is 14.1. The standard InChI is InChI=1S/C17H17F3N2O2S/c18-17(19,20)12-4-1-3-11(9-12)14-10-25-16(21-14)22-15(23)7-6-13-5-2-8-24-13/h1,3-4,9-10,13H,2,5-8H2,(H,21,22,23). The van der Waals surface area contributed by atoms with Gasteiger partial charge in [0.25, 0.3) is 0 Å². The molecule has 1 fully saturated rings. The van der Waals surface area contributed by atoms with E-state index in [4.69, 9.17) is 4.74 Å². The average molecular weight is 370 g/mol. The molecular weight excluding hydrogens is 353 g/mol. The first-order chi connectivity index (χ1) is 11.9. The van der Waals surface area contributed by atoms with Crippen LogP contribution in [0.1, 0.15) is 31.2 Å². The van der Waals surface area contributed by atoms with Crippen LogP contribution in [0.25, 0.3) is 11.3 Å². The van der Waals surface area contributed by atoms with Gasteiger partial charge in [-0.05, 0) is 31.4 Å². The van der Waals surface area contributed by atoms with Crippen molar-refractivity contribution < 1.29 is 22.7 Å². The second kappa shape index (κ2) is 7.53. The van der Waals surface area contributed by atoms with Crippen molar-refractivity contribution in [1.29, 1.82) is 0 Å². The van der Waals surface area contributed by atoms with E-state index >= 15 is 0 Å². The van der Waals surface area contributed by atoms with Crippen molar-refractivity contribution in [2.24, 2.45) is 0 Å². The molecule has 1 amide bonds. The number of alkyl halides is 3. The van der Waals surface area contributed by atoms with Crippen LogP contribution in [0.3, 0.4) is 0 Å². The summed E-state index contributed by atoms with van der Waals surface area (Å²) in [5, 5.41) is 4.70. The van der Waals surface area contributed by atoms with Gasteiger partial charge < -0.3 is 10.1 Å². The van der Waals surface area contributed by atoms with Gasteiger partial charge >= 0.3 is 6.18 Å². The highest BCUT2D eigenvalue weighted by molar-refractivity contribution is 7.14. The number of benzene rings is 1. The smallest absolute Gasteiger partial charge is 0.378 e. The Kier molecular flexibility index (Phi) is 5.39. The lowest BCUT2D eigenvalue weighted by atomic mass is 10.1. The Hall–Kier alpha value is -1.93. The van der Waals surface area contributed by atoms with Crippen LogP contribution in [0, 0.1) is 0 Å². The molecule has 0 bridgehead atoms. The lowest BCUT2D eigenvalue weighted by Crippen LogP contribution is -2.15. The Morgan fingerprint density at radius 2 is 2.24 bits per heavy atom. The highest BCUT2D eigenvalue weighted by Crippen LogP contribution is 2.33. The van der Waals surface area contributed by atoms with Gasteiger partial charge in [0.15, 0.2) is 5.13 Å². The van der Waals surface area contributed by atoms with Crippen molar-refractivity contribution in [3.05, 3.63) is 35.2 Å². The Bertz CT molecular complexity index is 739. The largest absolute Gasteiger partial charge is 0.416 e. The number of carbonyl (C=O) groups is 1. The van der Waals surface area contributed by atoms with Crippen LogP contribution in [0.5, 0.6) is 0 Å². The molecule has 1 saturated heterocycles. The van der Waals surface area contributed by atoms with Crippen LogP contribution >= 0.6 is 11.3 Å². The highest BCUT2D eigenvalue weighted by atomic mass is 32.1. The summed E-state index contributed by atoms with van der Waals surface area (Å²) in [6.45, 7) is 0.749. The van der Waals surface area contributed by atoms with Gasteiger partial charge in [0.2, 0.25) is 5.91 Å². The molecule has 1 unspecified atom stereocenters. The topological polar surface area (TPSA) is 51.2 Å². The van der Waals surface area contributed by atoms with Crippen LogP contribution in [0.15, 0.2) is 29.6 Å². The van der Waals surface area contributed by atoms with Gasteiger partial charge in [-0.3, -0.25) is 4.79 Å². The summed E-state index contributed by atoms with van der Waals surface area (Å²) < 4.78 is 43.8. The van der Waals surface area contributed by atoms with Crippen molar-refractivity contribution in [3.8, 4) is 11.3 Å². The molecule has 1 atom stereocenters. The minimum absolute atomic E-state index is 0.141. The molecule has 1 aliphatic rings. The molecule has 25 heavy (non-hydrogen) atoms. The maximum absolute atomic E-state index is 12.8. The van der Waals surface area contributed by atoms with E-state index in [-0.39, 0.29) is 12.0 Å². The number of rotatable bonds is 5. The summed E-state index contributed by atoms with van der Waals surface area (Å²) >= 11 is 1.19. The molecule has 1 aromatic heterocycles. The molecule has 3 rings (SSSR count). The quantitative estimate of drug-likeness (QED) is 0.828. The molecule has 1 aromatic carbocycles. The number of ether oxygens (including phenoxy) is 1. The fourth-order valence-corrected chi connectivity index (χ4v) is 3.40. The van der Waals surface area contributed by atoms with E-state index in [9.17, 15) is 18.0 Å². The van der Waals surface area contributed by atoms with Gasteiger partial charge in [-0.25, -0.2) is 4.98 Å². The van der Waals surface area contributed by atoms with Crippen molar-refractivity contribution >= 4 is 22.4 Å². The Morgan fingerprint density at radius 3 is 2.96 bits per heavy atom. The minimum atomic E-state index is -4.40. The number of thiazole rings is 1. The zero-order chi connectivity index (χ0) is 17.9. The summed E-state index contributed by atoms with van der Waals surface area (Å²) in [5.74, 6) is -0.166. The first-order valence-electron chi connectivity index (χ1n) is 7.96. The number of amides is 1. The average Bonchev–Trinajstić information content (AvgIpc) is 3.24. The van der Waals surface area contributed by atoms with Gasteiger partial charge in [0, 0.05) is 24.0 Å². The maximum Gasteiger partial charge on any atom is 0.416 e. The monoisotopic (exact) mass is 370 g/mol. The van der Waals surface area contributed by atoms with Gasteiger partial charge in [0.05, 0.1) is 17.4 Å². The molecule has 2 aromatic rings. The van der Waals surface area contributed by atoms with Gasteiger partial charge in [0.1, 0.15) is 0 Å². The number of hydrogen-bond donors (Lipinski definition) is 1. The van der Waals surface area contributed by atoms with E-state index in [0.717, 1.165) is 31.6 Å². The van der Waals surface area contributed by atoms with E-state index in [1.54, 1.807) is 11.4 Å². The number of nitrogens with one attached hydrogen (secondary N) is 1. The van der Waals surface area contributed by atoms with E-state index in [0.29, 0.717) is 29.2 Å². The van der Waals surface area contributed by atoms with Gasteiger partial charge in [-0.15, -0.1) is 11.3 Å². The van der Waals surface area contributed by atoms with Gasteiger partial charge in [-0.2, -0.15) is 13.2 Å². The number of halogens is 3. The highest BCUT2D eigenvalue weighted by Gasteiger charge is 2.30. The number of hydrogen-bond acceptors (Lipinski definition) is 4. The molecule has 0 radical (unpaired) electrons. The predicted molar refractivity (Wildman–Crippen MR) is 89.4 cm³/mol. The minimum Gasteiger partial charge on any atom is -0.378 e. The lowest BCUT2D eigenvalue weighted by Gasteiger charge is -2.08. The van der Waals surface area contributed by atoms with Crippen molar-refractivity contribution in [2.45, 2.75) is 38.0 Å². The van der Waals surface area contributed by atoms with E-state index in [1.165, 1.54) is 17.4 Å². The van der Waals surface area contributed by atoms with Crippen molar-refractivity contribution in [3.63, 3.8) is 0 Å². The molecule has 0 spiro atoms. The fraction of sp³-hybridized carbons (Fsp3) is 0.412. The van der Waals surface area contributed by atoms with E-state index in [1.807, 2.05) is 0 Å². The summed E-state index contributed by atoms with van der Waals surface area (Å²) in [5.41, 5.74) is 0.0524. The molecule has 1 N–H and O–H groups in total. The molecular formula is C17H17F3N2O2S. The molecule has 4 nitrogen and oxygen atoms in total. The normalized spacial score (nSPS) is 17.6. The van der Waals surface area contributed by atoms with Crippen LogP contribution in [0.2, 0.25) is 0 Å². The number of carbonyl (C=O) groups excluding carboxylic acids is 1. The van der Waals surface area contributed by atoms with Crippen LogP contribution in [-0.4, -0.2) is 23.6 Å². The Morgan fingerprint density at radius 1 is 1.40 bits per heavy atom. The summed E-state index contributed by atoms with van der Waals surface area (Å²) in [7, 11) is 0. The Labute approximate surface area is 147 Å². The molecule has 2 heterocycles.